The van der Waals surface area contributed by atoms with Gasteiger partial charge in [0.1, 0.15) is 0 Å². The highest BCUT2D eigenvalue weighted by Gasteiger charge is 2.46. The third-order valence-electron chi connectivity index (χ3n) is 5.66. The number of aromatic nitrogens is 2. The molecule has 2 heterocycles. The lowest BCUT2D eigenvalue weighted by molar-refractivity contribution is -0.131. The van der Waals surface area contributed by atoms with Gasteiger partial charge in [-0.1, -0.05) is 30.3 Å². The predicted molar refractivity (Wildman–Crippen MR) is 103 cm³/mol. The van der Waals surface area contributed by atoms with Gasteiger partial charge in [0.05, 0.1) is 5.69 Å². The Kier molecular flexibility index (Phi) is 4.70. The molecule has 2 aliphatic rings. The van der Waals surface area contributed by atoms with Crippen molar-refractivity contribution in [3.63, 3.8) is 0 Å². The van der Waals surface area contributed by atoms with E-state index >= 15 is 0 Å². The van der Waals surface area contributed by atoms with E-state index in [0.717, 1.165) is 25.9 Å². The Morgan fingerprint density at radius 1 is 1.37 bits per heavy atom. The second kappa shape index (κ2) is 7.15. The van der Waals surface area contributed by atoms with Gasteiger partial charge in [-0.2, -0.15) is 0 Å². The monoisotopic (exact) mass is 367 g/mol. The molecule has 1 saturated carbocycles. The Balaban J connectivity index is 1.33. The fourth-order valence-corrected chi connectivity index (χ4v) is 4.07. The van der Waals surface area contributed by atoms with E-state index in [9.17, 15) is 9.59 Å². The molecule has 7 heteroatoms. The number of hydrogen-bond donors (Lipinski definition) is 2. The van der Waals surface area contributed by atoms with Crippen LogP contribution in [0.5, 0.6) is 0 Å². The molecule has 1 aliphatic carbocycles. The van der Waals surface area contributed by atoms with Gasteiger partial charge < -0.3 is 10.6 Å². The Labute approximate surface area is 158 Å². The van der Waals surface area contributed by atoms with Crippen molar-refractivity contribution >= 4 is 11.9 Å². The average molecular weight is 367 g/mol. The topological polar surface area (TPSA) is 95.3 Å². The molecule has 27 heavy (non-hydrogen) atoms. The van der Waals surface area contributed by atoms with Crippen LogP contribution in [0.3, 0.4) is 0 Å². The number of aromatic amines is 1. The zero-order valence-electron chi connectivity index (χ0n) is 15.5. The van der Waals surface area contributed by atoms with Crippen LogP contribution < -0.4 is 11.3 Å². The number of likely N-dealkylation sites (N-methyl/N-ethyl adjacent to an activating group) is 1. The maximum Gasteiger partial charge on any atom is 0.252 e. The molecule has 0 spiro atoms. The molecular formula is C20H25N5O2. The third kappa shape index (κ3) is 3.88. The number of nitrogens with zero attached hydrogens (tertiary/aromatic N) is 3. The van der Waals surface area contributed by atoms with Gasteiger partial charge in [0.15, 0.2) is 0 Å². The number of anilines is 1. The van der Waals surface area contributed by atoms with Crippen molar-refractivity contribution in [2.24, 2.45) is 5.92 Å². The van der Waals surface area contributed by atoms with E-state index in [4.69, 9.17) is 5.73 Å². The second-order valence-corrected chi connectivity index (χ2v) is 7.62. The number of carbonyl (C=O) groups is 1. The van der Waals surface area contributed by atoms with Gasteiger partial charge in [-0.15, -0.1) is 0 Å². The maximum absolute atomic E-state index is 12.8. The Morgan fingerprint density at radius 3 is 2.89 bits per heavy atom. The molecule has 3 atom stereocenters. The molecule has 1 saturated heterocycles. The van der Waals surface area contributed by atoms with Crippen molar-refractivity contribution in [3.05, 3.63) is 58.0 Å². The first-order valence-electron chi connectivity index (χ1n) is 9.41. The van der Waals surface area contributed by atoms with E-state index in [1.54, 1.807) is 0 Å². The average Bonchev–Trinajstić information content (AvgIpc) is 3.28. The van der Waals surface area contributed by atoms with Gasteiger partial charge in [0, 0.05) is 37.7 Å². The highest BCUT2D eigenvalue weighted by atomic mass is 16.2. The molecule has 2 aromatic rings. The van der Waals surface area contributed by atoms with E-state index in [2.05, 4.69) is 27.0 Å². The normalized spacial score (nSPS) is 24.4. The smallest absolute Gasteiger partial charge is 0.252 e. The number of rotatable bonds is 5. The van der Waals surface area contributed by atoms with Gasteiger partial charge >= 0.3 is 0 Å². The number of nitrogens with two attached hydrogens (primary N) is 1. The summed E-state index contributed by atoms with van der Waals surface area (Å²) in [7, 11) is 2.00. The van der Waals surface area contributed by atoms with Gasteiger partial charge in [-0.25, -0.2) is 4.98 Å². The Bertz CT molecular complexity index is 881. The van der Waals surface area contributed by atoms with Crippen LogP contribution in [0, 0.1) is 5.92 Å². The summed E-state index contributed by atoms with van der Waals surface area (Å²) in [6.07, 6.45) is 1.89. The predicted octanol–water partition coefficient (Wildman–Crippen LogP) is 1.19. The zero-order chi connectivity index (χ0) is 19.0. The highest BCUT2D eigenvalue weighted by Crippen LogP contribution is 2.48. The number of carbonyl (C=O) groups excluding carboxylic acids is 1. The van der Waals surface area contributed by atoms with Crippen molar-refractivity contribution in [1.82, 2.24) is 19.8 Å². The van der Waals surface area contributed by atoms with Gasteiger partial charge in [-0.05, 0) is 31.4 Å². The van der Waals surface area contributed by atoms with Crippen molar-refractivity contribution < 1.29 is 4.79 Å². The summed E-state index contributed by atoms with van der Waals surface area (Å²) in [5.74, 6) is 0.914. The van der Waals surface area contributed by atoms with Crippen molar-refractivity contribution in [2.45, 2.75) is 31.3 Å². The lowest BCUT2D eigenvalue weighted by atomic mass is 10.1. The van der Waals surface area contributed by atoms with Crippen LogP contribution in [0.4, 0.5) is 5.95 Å². The van der Waals surface area contributed by atoms with Crippen LogP contribution in [0.15, 0.2) is 41.2 Å². The molecule has 1 aromatic heterocycles. The third-order valence-corrected chi connectivity index (χ3v) is 5.66. The summed E-state index contributed by atoms with van der Waals surface area (Å²) in [5, 5.41) is 0. The first-order chi connectivity index (χ1) is 13.0. The van der Waals surface area contributed by atoms with Crippen LogP contribution >= 0.6 is 0 Å². The molecule has 7 nitrogen and oxygen atoms in total. The molecule has 1 aromatic carbocycles. The fraction of sp³-hybridized carbons (Fsp3) is 0.450. The van der Waals surface area contributed by atoms with E-state index in [1.165, 1.54) is 11.6 Å². The van der Waals surface area contributed by atoms with Crippen LogP contribution in [-0.2, 0) is 11.3 Å². The van der Waals surface area contributed by atoms with Gasteiger partial charge in [0.25, 0.3) is 5.56 Å². The van der Waals surface area contributed by atoms with E-state index < -0.39 is 0 Å². The van der Waals surface area contributed by atoms with E-state index in [-0.39, 0.29) is 29.4 Å². The van der Waals surface area contributed by atoms with Crippen molar-refractivity contribution in [1.29, 1.82) is 0 Å². The first kappa shape index (κ1) is 17.7. The minimum atomic E-state index is -0.241. The number of benzene rings is 1. The van der Waals surface area contributed by atoms with Crippen LogP contribution in [0.1, 0.15) is 30.0 Å². The minimum absolute atomic E-state index is 0.130. The van der Waals surface area contributed by atoms with Gasteiger partial charge in [-0.3, -0.25) is 19.5 Å². The molecule has 4 rings (SSSR count). The van der Waals surface area contributed by atoms with E-state index in [1.807, 2.05) is 30.1 Å². The van der Waals surface area contributed by atoms with Gasteiger partial charge in [0.2, 0.25) is 11.9 Å². The number of nitrogen functional groups attached to an aromatic ring is 1. The number of hydrogen-bond acceptors (Lipinski definition) is 5. The molecule has 0 bridgehead atoms. The van der Waals surface area contributed by atoms with E-state index in [0.29, 0.717) is 18.2 Å². The summed E-state index contributed by atoms with van der Waals surface area (Å²) >= 11 is 0. The molecule has 3 N–H and O–H groups in total. The first-order valence-corrected chi connectivity index (χ1v) is 9.41. The van der Waals surface area contributed by atoms with Crippen LogP contribution in [-0.4, -0.2) is 51.9 Å². The Morgan fingerprint density at radius 2 is 2.15 bits per heavy atom. The molecule has 142 valence electrons. The highest BCUT2D eigenvalue weighted by molar-refractivity contribution is 5.83. The summed E-state index contributed by atoms with van der Waals surface area (Å²) in [6, 6.07) is 12.0. The summed E-state index contributed by atoms with van der Waals surface area (Å²) in [6.45, 7) is 2.06. The quantitative estimate of drug-likeness (QED) is 0.828. The minimum Gasteiger partial charge on any atom is -0.369 e. The molecular weight excluding hydrogens is 342 g/mol. The lowest BCUT2D eigenvalue weighted by Crippen LogP contribution is -2.37. The standard InChI is InChI=1S/C20H25N5O2/c1-24(11-14-9-18(26)23-20(21)22-14)15-7-8-25(12-15)19(27)17-10-16(17)13-5-3-2-4-6-13/h2-6,9,15-17H,7-8,10-12H2,1H3,(H3,21,22,23,26)/t15-,16-,17+/m1/s1. The van der Waals surface area contributed by atoms with Crippen molar-refractivity contribution in [3.8, 4) is 0 Å². The number of H-pyrrole nitrogens is 1. The van der Waals surface area contributed by atoms with Crippen LogP contribution in [0.25, 0.3) is 0 Å². The molecule has 0 unspecified atom stereocenters. The molecule has 1 aliphatic heterocycles. The Hall–Kier alpha value is -2.67. The largest absolute Gasteiger partial charge is 0.369 e. The SMILES string of the molecule is CN(Cc1cc(=O)[nH]c(N)n1)[C@@H]1CCN(C(=O)[C@H]2C[C@@H]2c2ccccc2)C1. The summed E-state index contributed by atoms with van der Waals surface area (Å²) in [4.78, 5) is 35.2. The molecule has 2 fully saturated rings. The maximum atomic E-state index is 12.8. The number of nitrogens with one attached hydrogen (secondary N) is 1. The molecule has 1 amide bonds. The molecule has 0 radical (unpaired) electrons. The summed E-state index contributed by atoms with van der Waals surface area (Å²) < 4.78 is 0. The lowest BCUT2D eigenvalue weighted by Gasteiger charge is -2.24. The summed E-state index contributed by atoms with van der Waals surface area (Å²) in [5.41, 5.74) is 7.29. The van der Waals surface area contributed by atoms with Crippen molar-refractivity contribution in [2.75, 3.05) is 25.9 Å². The number of likely N-dealkylation sites (tertiary alicyclic amines) is 1. The number of amides is 1. The fourth-order valence-electron chi connectivity index (χ4n) is 4.07. The second-order valence-electron chi connectivity index (χ2n) is 7.62. The zero-order valence-corrected chi connectivity index (χ0v) is 15.5. The van der Waals surface area contributed by atoms with Crippen LogP contribution in [0.2, 0.25) is 0 Å².